The minimum absolute atomic E-state index is 0.0153. The Hall–Kier alpha value is -1.40. The molecular formula is C18H20BrN3O2. The van der Waals surface area contributed by atoms with E-state index in [0.717, 1.165) is 41.4 Å². The number of pyridine rings is 1. The Kier molecular flexibility index (Phi) is 3.29. The lowest BCUT2D eigenvalue weighted by Gasteiger charge is -2.57. The molecule has 5 rings (SSSR count). The molecule has 4 atom stereocenters. The van der Waals surface area contributed by atoms with E-state index in [1.807, 2.05) is 6.07 Å². The summed E-state index contributed by atoms with van der Waals surface area (Å²) in [5.41, 5.74) is 1.46. The molecule has 1 amide bonds. The van der Waals surface area contributed by atoms with Gasteiger partial charge in [0.2, 0.25) is 0 Å². The van der Waals surface area contributed by atoms with Crippen LogP contribution >= 0.6 is 15.9 Å². The highest BCUT2D eigenvalue weighted by Gasteiger charge is 2.62. The summed E-state index contributed by atoms with van der Waals surface area (Å²) in [6.45, 7) is 0.892. The Morgan fingerprint density at radius 3 is 3.25 bits per heavy atom. The van der Waals surface area contributed by atoms with Crippen LogP contribution in [0, 0.1) is 11.8 Å². The lowest BCUT2D eigenvalue weighted by atomic mass is 9.53. The molecule has 2 aromatic heterocycles. The molecule has 2 aliphatic carbocycles. The van der Waals surface area contributed by atoms with Crippen LogP contribution in [-0.2, 0) is 4.74 Å². The van der Waals surface area contributed by atoms with Gasteiger partial charge in [-0.2, -0.15) is 0 Å². The number of hydrogen-bond acceptors (Lipinski definition) is 3. The number of halogens is 1. The van der Waals surface area contributed by atoms with Crippen LogP contribution in [0.15, 0.2) is 22.9 Å². The molecule has 3 heterocycles. The number of hydrogen-bond donors (Lipinski definition) is 2. The lowest BCUT2D eigenvalue weighted by Crippen LogP contribution is -2.63. The van der Waals surface area contributed by atoms with Crippen LogP contribution in [0.25, 0.3) is 11.0 Å². The van der Waals surface area contributed by atoms with Crippen molar-refractivity contribution >= 4 is 32.9 Å². The summed E-state index contributed by atoms with van der Waals surface area (Å²) in [5.74, 6) is 1.18. The van der Waals surface area contributed by atoms with Crippen LogP contribution in [0.5, 0.6) is 0 Å². The number of ether oxygens (including phenoxy) is 1. The molecule has 2 N–H and O–H groups in total. The highest BCUT2D eigenvalue weighted by molar-refractivity contribution is 9.10. The first-order valence-electron chi connectivity index (χ1n) is 8.75. The molecule has 0 radical (unpaired) electrons. The van der Waals surface area contributed by atoms with Crippen LogP contribution in [0.2, 0.25) is 0 Å². The van der Waals surface area contributed by atoms with Gasteiger partial charge in [0.25, 0.3) is 5.91 Å². The van der Waals surface area contributed by atoms with Crippen molar-refractivity contribution in [3.63, 3.8) is 0 Å². The van der Waals surface area contributed by atoms with Gasteiger partial charge in [-0.15, -0.1) is 0 Å². The van der Waals surface area contributed by atoms with Crippen molar-refractivity contribution in [1.29, 1.82) is 0 Å². The summed E-state index contributed by atoms with van der Waals surface area (Å²) < 4.78 is 7.05. The maximum atomic E-state index is 12.9. The third kappa shape index (κ3) is 1.96. The van der Waals surface area contributed by atoms with E-state index in [-0.39, 0.29) is 17.6 Å². The number of H-pyrrole nitrogens is 1. The number of fused-ring (bicyclic) bond motifs is 1. The monoisotopic (exact) mass is 389 g/mol. The summed E-state index contributed by atoms with van der Waals surface area (Å²) in [7, 11) is 0. The average Bonchev–Trinajstić information content (AvgIpc) is 3.10. The van der Waals surface area contributed by atoms with Gasteiger partial charge in [-0.05, 0) is 60.0 Å². The number of aromatic amines is 1. The molecule has 1 spiro atoms. The van der Waals surface area contributed by atoms with E-state index in [1.54, 1.807) is 12.4 Å². The topological polar surface area (TPSA) is 67.0 Å². The molecule has 1 saturated heterocycles. The number of carbonyl (C=O) groups is 1. The molecular weight excluding hydrogens is 370 g/mol. The highest BCUT2D eigenvalue weighted by atomic mass is 79.9. The molecule has 6 heteroatoms. The first-order chi connectivity index (χ1) is 11.7. The Morgan fingerprint density at radius 1 is 1.46 bits per heavy atom. The molecule has 2 saturated carbocycles. The zero-order chi connectivity index (χ0) is 16.3. The van der Waals surface area contributed by atoms with E-state index in [1.165, 1.54) is 12.8 Å². The van der Waals surface area contributed by atoms with Gasteiger partial charge in [0.1, 0.15) is 5.65 Å². The number of amides is 1. The number of nitrogens with zero attached hydrogens (tertiary/aromatic N) is 1. The van der Waals surface area contributed by atoms with Crippen molar-refractivity contribution in [2.45, 2.75) is 43.7 Å². The van der Waals surface area contributed by atoms with E-state index in [9.17, 15) is 4.79 Å². The van der Waals surface area contributed by atoms with E-state index < -0.39 is 0 Å². The summed E-state index contributed by atoms with van der Waals surface area (Å²) in [5, 5.41) is 4.14. The predicted molar refractivity (Wildman–Crippen MR) is 93.8 cm³/mol. The minimum atomic E-state index is -0.0153. The molecule has 4 unspecified atom stereocenters. The Balaban J connectivity index is 1.40. The quantitative estimate of drug-likeness (QED) is 0.826. The van der Waals surface area contributed by atoms with Crippen molar-refractivity contribution in [2.24, 2.45) is 11.8 Å². The summed E-state index contributed by atoms with van der Waals surface area (Å²) >= 11 is 3.53. The van der Waals surface area contributed by atoms with Crippen molar-refractivity contribution in [2.75, 3.05) is 6.61 Å². The van der Waals surface area contributed by atoms with Gasteiger partial charge < -0.3 is 15.0 Å². The fraction of sp³-hybridized carbons (Fsp3) is 0.556. The van der Waals surface area contributed by atoms with Gasteiger partial charge in [-0.25, -0.2) is 4.98 Å². The first kappa shape index (κ1) is 14.9. The standard InChI is InChI=1S/C18H20BrN3O2/c19-13-3-6-20-16-15(13)11(9-21-16)17(23)22-14-2-1-5-18-10(4-7-24-18)8-12(14)18/h3,6,9-10,12,14H,1-2,4-5,7-8H2,(H,20,21)(H,22,23). The van der Waals surface area contributed by atoms with Gasteiger partial charge >= 0.3 is 0 Å². The second kappa shape index (κ2) is 5.30. The van der Waals surface area contributed by atoms with Crippen LogP contribution in [-0.4, -0.2) is 34.1 Å². The van der Waals surface area contributed by atoms with Crippen molar-refractivity contribution in [3.05, 3.63) is 28.5 Å². The molecule has 0 bridgehead atoms. The lowest BCUT2D eigenvalue weighted by molar-refractivity contribution is -0.166. The number of carbonyl (C=O) groups excluding carboxylic acids is 1. The third-order valence-corrected chi connectivity index (χ3v) is 7.01. The minimum Gasteiger partial charge on any atom is -0.374 e. The maximum Gasteiger partial charge on any atom is 0.253 e. The summed E-state index contributed by atoms with van der Waals surface area (Å²) in [6.07, 6.45) is 9.22. The molecule has 1 aliphatic heterocycles. The Morgan fingerprint density at radius 2 is 2.38 bits per heavy atom. The molecule has 24 heavy (non-hydrogen) atoms. The number of aromatic nitrogens is 2. The van der Waals surface area contributed by atoms with Crippen LogP contribution < -0.4 is 5.32 Å². The van der Waals surface area contributed by atoms with Gasteiger partial charge in [0.05, 0.1) is 11.2 Å². The molecule has 3 aliphatic rings. The summed E-state index contributed by atoms with van der Waals surface area (Å²) in [6, 6.07) is 2.09. The summed E-state index contributed by atoms with van der Waals surface area (Å²) in [4.78, 5) is 20.3. The normalized spacial score (nSPS) is 34.5. The van der Waals surface area contributed by atoms with Gasteiger partial charge in [0, 0.05) is 40.8 Å². The van der Waals surface area contributed by atoms with Gasteiger partial charge in [0.15, 0.2) is 0 Å². The van der Waals surface area contributed by atoms with Crippen LogP contribution in [0.4, 0.5) is 0 Å². The third-order valence-electron chi connectivity index (χ3n) is 6.35. The van der Waals surface area contributed by atoms with Crippen molar-refractivity contribution < 1.29 is 9.53 Å². The van der Waals surface area contributed by atoms with Crippen molar-refractivity contribution in [1.82, 2.24) is 15.3 Å². The van der Waals surface area contributed by atoms with Gasteiger partial charge in [-0.3, -0.25) is 4.79 Å². The predicted octanol–water partition coefficient (Wildman–Crippen LogP) is 3.40. The van der Waals surface area contributed by atoms with Gasteiger partial charge in [-0.1, -0.05) is 0 Å². The first-order valence-corrected chi connectivity index (χ1v) is 9.55. The smallest absolute Gasteiger partial charge is 0.253 e. The Bertz CT molecular complexity index is 820. The second-order valence-electron chi connectivity index (χ2n) is 7.32. The zero-order valence-electron chi connectivity index (χ0n) is 13.3. The number of nitrogens with one attached hydrogen (secondary N) is 2. The fourth-order valence-corrected chi connectivity index (χ4v) is 5.73. The van der Waals surface area contributed by atoms with Crippen LogP contribution in [0.3, 0.4) is 0 Å². The molecule has 0 aromatic carbocycles. The zero-order valence-corrected chi connectivity index (χ0v) is 14.9. The fourth-order valence-electron chi connectivity index (χ4n) is 5.21. The molecule has 126 valence electrons. The molecule has 5 nitrogen and oxygen atoms in total. The molecule has 3 fully saturated rings. The highest BCUT2D eigenvalue weighted by Crippen LogP contribution is 2.59. The SMILES string of the molecule is O=C(NC1CCCC23OCCC2CC13)c1c[nH]c2nccc(Br)c12. The van der Waals surface area contributed by atoms with E-state index in [4.69, 9.17) is 4.74 Å². The van der Waals surface area contributed by atoms with E-state index in [2.05, 4.69) is 31.2 Å². The molecule has 2 aromatic rings. The van der Waals surface area contributed by atoms with Crippen LogP contribution in [0.1, 0.15) is 42.5 Å². The number of rotatable bonds is 2. The largest absolute Gasteiger partial charge is 0.374 e. The van der Waals surface area contributed by atoms with E-state index in [0.29, 0.717) is 17.4 Å². The average molecular weight is 390 g/mol. The van der Waals surface area contributed by atoms with E-state index >= 15 is 0 Å². The van der Waals surface area contributed by atoms with Crippen molar-refractivity contribution in [3.8, 4) is 0 Å². The maximum absolute atomic E-state index is 12.9. The second-order valence-corrected chi connectivity index (χ2v) is 8.18. The Labute approximate surface area is 148 Å².